The minimum absolute atomic E-state index is 0. The van der Waals surface area contributed by atoms with Crippen LogP contribution in [0.2, 0.25) is 0 Å². The van der Waals surface area contributed by atoms with Crippen molar-refractivity contribution in [3.63, 3.8) is 0 Å². The number of aryl methyl sites for hydroxylation is 2. The standard InChI is InChI=1S/C35H52N2O2.2C2H4O2.Co/c1-22(2)12-14-26-16-28(34(38)30(18-26)24(5)6)20-36-32-10-9-11-33(32)37-21-29-17-27(15-13-23(3)4)19-31(25(7)8)35(29)39;2*1-2(3)4;/h16-25,32-33,38-39H,9-15H2,1-8H3;2*1H3,(H,3,4);/q;;;+2/p-2. The van der Waals surface area contributed by atoms with Gasteiger partial charge in [-0.05, 0) is 117 Å². The number of hydrogen-bond donors (Lipinski definition) is 2. The van der Waals surface area contributed by atoms with Crippen molar-refractivity contribution in [3.05, 3.63) is 57.6 Å². The van der Waals surface area contributed by atoms with Crippen molar-refractivity contribution in [1.29, 1.82) is 0 Å². The van der Waals surface area contributed by atoms with Gasteiger partial charge in [-0.1, -0.05) is 67.5 Å². The molecular formula is C39H58CoN2O6. The first-order chi connectivity index (χ1) is 21.9. The van der Waals surface area contributed by atoms with Crippen LogP contribution in [0.5, 0.6) is 11.5 Å². The Labute approximate surface area is 299 Å². The van der Waals surface area contributed by atoms with Crippen molar-refractivity contribution in [2.45, 2.75) is 138 Å². The molecular weight excluding hydrogens is 651 g/mol. The van der Waals surface area contributed by atoms with Crippen LogP contribution >= 0.6 is 0 Å². The van der Waals surface area contributed by atoms with Crippen LogP contribution in [-0.2, 0) is 39.2 Å². The smallest absolute Gasteiger partial charge is 0.550 e. The average molecular weight is 710 g/mol. The van der Waals surface area contributed by atoms with Crippen LogP contribution in [0.25, 0.3) is 0 Å². The molecule has 2 aromatic rings. The third-order valence-corrected chi connectivity index (χ3v) is 7.98. The Morgan fingerprint density at radius 3 is 1.29 bits per heavy atom. The van der Waals surface area contributed by atoms with Gasteiger partial charge in [0, 0.05) is 35.5 Å². The summed E-state index contributed by atoms with van der Waals surface area (Å²) in [7, 11) is 0. The minimum Gasteiger partial charge on any atom is -0.550 e. The van der Waals surface area contributed by atoms with Crippen molar-refractivity contribution in [2.24, 2.45) is 21.8 Å². The first-order valence-electron chi connectivity index (χ1n) is 17.1. The van der Waals surface area contributed by atoms with Crippen LogP contribution in [0.1, 0.15) is 147 Å². The van der Waals surface area contributed by atoms with Crippen LogP contribution < -0.4 is 10.2 Å². The van der Waals surface area contributed by atoms with Gasteiger partial charge in [-0.25, -0.2) is 0 Å². The zero-order chi connectivity index (χ0) is 35.8. The number of aliphatic carboxylic acids is 2. The van der Waals surface area contributed by atoms with E-state index in [1.807, 2.05) is 12.4 Å². The van der Waals surface area contributed by atoms with E-state index < -0.39 is 11.9 Å². The number of phenolic OH excluding ortho intramolecular Hbond substituents is 2. The summed E-state index contributed by atoms with van der Waals surface area (Å²) < 4.78 is 0. The molecule has 1 fully saturated rings. The predicted octanol–water partition coefficient (Wildman–Crippen LogP) is 6.49. The molecule has 0 saturated heterocycles. The summed E-state index contributed by atoms with van der Waals surface area (Å²) in [5.41, 5.74) is 6.14. The van der Waals surface area contributed by atoms with Crippen molar-refractivity contribution < 1.29 is 46.8 Å². The van der Waals surface area contributed by atoms with Crippen molar-refractivity contribution >= 4 is 24.4 Å². The van der Waals surface area contributed by atoms with Gasteiger partial charge in [0.25, 0.3) is 0 Å². The van der Waals surface area contributed by atoms with Crippen LogP contribution in [-0.4, -0.2) is 46.7 Å². The maximum absolute atomic E-state index is 11.0. The van der Waals surface area contributed by atoms with Gasteiger partial charge in [0.2, 0.25) is 0 Å². The molecule has 0 amide bonds. The first kappa shape index (κ1) is 44.8. The first-order valence-corrected chi connectivity index (χ1v) is 17.1. The summed E-state index contributed by atoms with van der Waals surface area (Å²) >= 11 is 0. The van der Waals surface area contributed by atoms with Gasteiger partial charge in [0.1, 0.15) is 11.5 Å². The van der Waals surface area contributed by atoms with Crippen molar-refractivity contribution in [2.75, 3.05) is 0 Å². The van der Waals surface area contributed by atoms with E-state index in [4.69, 9.17) is 29.8 Å². The number of carboxylic acids is 2. The zero-order valence-electron chi connectivity index (χ0n) is 30.6. The van der Waals surface area contributed by atoms with Gasteiger partial charge in [0.05, 0.1) is 12.1 Å². The number of rotatable bonds is 12. The van der Waals surface area contributed by atoms with Crippen LogP contribution in [0.3, 0.4) is 0 Å². The molecule has 0 bridgehead atoms. The quantitative estimate of drug-likeness (QED) is 0.241. The molecule has 48 heavy (non-hydrogen) atoms. The Morgan fingerprint density at radius 2 is 1.02 bits per heavy atom. The average Bonchev–Trinajstić information content (AvgIpc) is 3.40. The monoisotopic (exact) mass is 709 g/mol. The fourth-order valence-electron chi connectivity index (χ4n) is 5.39. The van der Waals surface area contributed by atoms with Gasteiger partial charge < -0.3 is 30.0 Å². The Kier molecular flexibility index (Phi) is 21.0. The molecule has 2 unspecified atom stereocenters. The van der Waals surface area contributed by atoms with Gasteiger partial charge in [-0.2, -0.15) is 0 Å². The zero-order valence-corrected chi connectivity index (χ0v) is 31.7. The minimum atomic E-state index is -1.08. The van der Waals surface area contributed by atoms with Gasteiger partial charge in [-0.15, -0.1) is 0 Å². The molecule has 0 spiro atoms. The molecule has 3 rings (SSSR count). The maximum Gasteiger partial charge on any atom is 2.00 e. The van der Waals surface area contributed by atoms with E-state index in [0.29, 0.717) is 23.3 Å². The van der Waals surface area contributed by atoms with Crippen LogP contribution in [0, 0.1) is 11.8 Å². The Hall–Kier alpha value is -3.17. The SMILES string of the molecule is CC(=O)[O-].CC(=O)[O-].CC(C)CCc1cc(C=NC2CCCC2N=Cc2cc(CCC(C)C)cc(C(C)C)c2O)c(O)c(C(C)C)c1.[Co+2]. The number of carbonyl (C=O) groups excluding carboxylic acids is 2. The molecule has 1 aliphatic carbocycles. The summed E-state index contributed by atoms with van der Waals surface area (Å²) in [5, 5.41) is 39.8. The summed E-state index contributed by atoms with van der Waals surface area (Å²) in [6, 6.07) is 8.70. The molecule has 9 heteroatoms. The number of aliphatic imine (C=N–C) groups is 2. The number of nitrogens with zero attached hydrogens (tertiary/aromatic N) is 2. The molecule has 0 aromatic heterocycles. The van der Waals surface area contributed by atoms with Crippen LogP contribution in [0.4, 0.5) is 0 Å². The van der Waals surface area contributed by atoms with Crippen molar-refractivity contribution in [1.82, 2.24) is 0 Å². The molecule has 2 N–H and O–H groups in total. The molecule has 2 aromatic carbocycles. The fraction of sp³-hybridized carbons (Fsp3) is 0.590. The summed E-state index contributed by atoms with van der Waals surface area (Å²) in [4.78, 5) is 27.7. The maximum atomic E-state index is 11.0. The number of carbonyl (C=O) groups is 2. The molecule has 0 heterocycles. The molecule has 8 nitrogen and oxygen atoms in total. The number of aromatic hydroxyl groups is 2. The Balaban J connectivity index is 0.00000221. The third kappa shape index (κ3) is 16.8. The molecule has 269 valence electrons. The van der Waals surface area contributed by atoms with E-state index in [-0.39, 0.29) is 40.7 Å². The second kappa shape index (κ2) is 22.5. The van der Waals surface area contributed by atoms with E-state index in [9.17, 15) is 10.2 Å². The third-order valence-electron chi connectivity index (χ3n) is 7.98. The Morgan fingerprint density at radius 1 is 0.708 bits per heavy atom. The number of benzene rings is 2. The number of carboxylic acid groups (broad SMARTS) is 2. The van der Waals surface area contributed by atoms with Gasteiger partial charge in [0.15, 0.2) is 0 Å². The Bertz CT molecular complexity index is 1240. The van der Waals surface area contributed by atoms with E-state index in [0.717, 1.165) is 81.0 Å². The van der Waals surface area contributed by atoms with E-state index in [2.05, 4.69) is 79.7 Å². The summed E-state index contributed by atoms with van der Waals surface area (Å²) in [6.07, 6.45) is 11.1. The van der Waals surface area contributed by atoms with E-state index in [1.54, 1.807) is 0 Å². The molecule has 2 atom stereocenters. The second-order valence-corrected chi connectivity index (χ2v) is 14.0. The molecule has 1 aliphatic rings. The number of phenols is 2. The molecule has 1 saturated carbocycles. The normalized spacial score (nSPS) is 15.9. The van der Waals surface area contributed by atoms with E-state index >= 15 is 0 Å². The van der Waals surface area contributed by atoms with Crippen LogP contribution in [0.15, 0.2) is 34.3 Å². The summed E-state index contributed by atoms with van der Waals surface area (Å²) in [6.45, 7) is 19.4. The van der Waals surface area contributed by atoms with Gasteiger partial charge in [-0.3, -0.25) is 9.98 Å². The molecule has 0 aliphatic heterocycles. The predicted molar refractivity (Wildman–Crippen MR) is 189 cm³/mol. The van der Waals surface area contributed by atoms with Crippen molar-refractivity contribution in [3.8, 4) is 11.5 Å². The van der Waals surface area contributed by atoms with Gasteiger partial charge >= 0.3 is 16.8 Å². The number of hydrogen-bond acceptors (Lipinski definition) is 8. The van der Waals surface area contributed by atoms with E-state index in [1.165, 1.54) is 11.1 Å². The molecule has 1 radical (unpaired) electrons. The topological polar surface area (TPSA) is 145 Å². The summed E-state index contributed by atoms with van der Waals surface area (Å²) in [5.74, 6) is 0.318. The largest absolute Gasteiger partial charge is 2.00 e. The fourth-order valence-corrected chi connectivity index (χ4v) is 5.39. The second-order valence-electron chi connectivity index (χ2n) is 14.0.